The van der Waals surface area contributed by atoms with Crippen molar-refractivity contribution in [1.29, 1.82) is 0 Å². The maximum Gasteiger partial charge on any atom is 0.0715 e. The Hall–Kier alpha value is -6.31. The van der Waals surface area contributed by atoms with Gasteiger partial charge in [-0.15, -0.1) is 0 Å². The first-order valence-electron chi connectivity index (χ1n) is 18.0. The first-order valence-corrected chi connectivity index (χ1v) is 18.0. The summed E-state index contributed by atoms with van der Waals surface area (Å²) in [5.41, 5.74) is 21.1. The molecule has 8 rings (SSSR count). The Morgan fingerprint density at radius 2 is 0.538 bits per heavy atom. The third-order valence-corrected chi connectivity index (χ3v) is 9.77. The van der Waals surface area contributed by atoms with Crippen LogP contribution in [-0.2, 0) is 0 Å². The van der Waals surface area contributed by atoms with Crippen molar-refractivity contribution in [2.45, 2.75) is 27.7 Å². The van der Waals surface area contributed by atoms with Crippen molar-refractivity contribution >= 4 is 0 Å². The zero-order valence-electron chi connectivity index (χ0n) is 30.2. The fourth-order valence-electron chi connectivity index (χ4n) is 7.22. The zero-order chi connectivity index (χ0) is 35.6. The van der Waals surface area contributed by atoms with Crippen molar-refractivity contribution in [2.24, 2.45) is 0 Å². The monoisotopic (exact) mass is 667 g/mol. The van der Waals surface area contributed by atoms with Crippen molar-refractivity contribution in [3.63, 3.8) is 0 Å². The highest BCUT2D eigenvalue weighted by Gasteiger charge is 2.13. The lowest BCUT2D eigenvalue weighted by atomic mass is 9.93. The second kappa shape index (κ2) is 14.1. The summed E-state index contributed by atoms with van der Waals surface area (Å²) in [6.45, 7) is 8.65. The molecule has 1 nitrogen and oxygen atoms in total. The van der Waals surface area contributed by atoms with Gasteiger partial charge in [0.05, 0.1) is 11.4 Å². The smallest absolute Gasteiger partial charge is 0.0715 e. The quantitative estimate of drug-likeness (QED) is 0.165. The van der Waals surface area contributed by atoms with Gasteiger partial charge in [0, 0.05) is 11.1 Å². The molecular formula is C51H41N. The summed E-state index contributed by atoms with van der Waals surface area (Å²) in [7, 11) is 0. The molecule has 1 heteroatoms. The molecule has 0 saturated heterocycles. The van der Waals surface area contributed by atoms with Gasteiger partial charge in [-0.2, -0.15) is 0 Å². The number of aryl methyl sites for hydroxylation is 4. The van der Waals surface area contributed by atoms with E-state index in [9.17, 15) is 0 Å². The number of aromatic nitrogens is 1. The van der Waals surface area contributed by atoms with E-state index in [1.54, 1.807) is 0 Å². The maximum atomic E-state index is 5.35. The van der Waals surface area contributed by atoms with Crippen LogP contribution in [0.3, 0.4) is 0 Å². The Morgan fingerprint density at radius 1 is 0.231 bits per heavy atom. The molecule has 0 saturated carbocycles. The molecule has 8 aromatic rings. The van der Waals surface area contributed by atoms with Crippen LogP contribution < -0.4 is 0 Å². The summed E-state index contributed by atoms with van der Waals surface area (Å²) >= 11 is 0. The van der Waals surface area contributed by atoms with Crippen LogP contribution in [0.4, 0.5) is 0 Å². The highest BCUT2D eigenvalue weighted by molar-refractivity contribution is 5.82. The molecule has 0 fully saturated rings. The number of rotatable bonds is 7. The highest BCUT2D eigenvalue weighted by Crippen LogP contribution is 2.36. The van der Waals surface area contributed by atoms with E-state index in [4.69, 9.17) is 4.98 Å². The average Bonchev–Trinajstić information content (AvgIpc) is 3.18. The first kappa shape index (κ1) is 32.9. The predicted molar refractivity (Wildman–Crippen MR) is 221 cm³/mol. The van der Waals surface area contributed by atoms with Crippen LogP contribution in [0.5, 0.6) is 0 Å². The van der Waals surface area contributed by atoms with Crippen molar-refractivity contribution < 1.29 is 0 Å². The van der Waals surface area contributed by atoms with Gasteiger partial charge >= 0.3 is 0 Å². The molecule has 0 N–H and O–H groups in total. The number of hydrogen-bond acceptors (Lipinski definition) is 1. The lowest BCUT2D eigenvalue weighted by Crippen LogP contribution is -1.93. The summed E-state index contributed by atoms with van der Waals surface area (Å²) in [6, 6.07) is 63.9. The number of benzene rings is 7. The fourth-order valence-corrected chi connectivity index (χ4v) is 7.22. The topological polar surface area (TPSA) is 12.9 Å². The molecule has 0 bridgehead atoms. The summed E-state index contributed by atoms with van der Waals surface area (Å²) in [5, 5.41) is 0. The van der Waals surface area contributed by atoms with Crippen LogP contribution in [0.15, 0.2) is 176 Å². The van der Waals surface area contributed by atoms with Crippen molar-refractivity contribution in [3.8, 4) is 78.1 Å². The van der Waals surface area contributed by atoms with Gasteiger partial charge in [0.1, 0.15) is 0 Å². The third kappa shape index (κ3) is 7.13. The molecular weight excluding hydrogens is 627 g/mol. The Morgan fingerprint density at radius 3 is 0.962 bits per heavy atom. The molecule has 0 atom stereocenters. The lowest BCUT2D eigenvalue weighted by molar-refractivity contribution is 1.32. The SMILES string of the molecule is Cc1cccc(-c2cc(C)cc(-c3cccc(-c4cc(-c5ccccc5)cc(-c5cccc(-c6cc(C)cc(-c7cccc(C)c7)c6)c5)n4)c3)c2)c1. The third-order valence-electron chi connectivity index (χ3n) is 9.77. The molecule has 1 aromatic heterocycles. The van der Waals surface area contributed by atoms with Gasteiger partial charge in [0.25, 0.3) is 0 Å². The molecule has 0 unspecified atom stereocenters. The molecule has 0 aliphatic carbocycles. The van der Waals surface area contributed by atoms with Gasteiger partial charge in [-0.3, -0.25) is 0 Å². The van der Waals surface area contributed by atoms with Crippen LogP contribution >= 0.6 is 0 Å². The van der Waals surface area contributed by atoms with E-state index in [0.717, 1.165) is 28.1 Å². The predicted octanol–water partition coefficient (Wildman–Crippen LogP) is 14.0. The standard InChI is InChI=1S/C51H41N/c1-34-12-8-16-39(22-34)45-24-36(3)26-47(30-45)41-18-10-20-43(28-41)50-32-49(38-14-6-5-7-15-38)33-51(52-50)44-21-11-19-42(29-44)48-27-37(4)25-46(31-48)40-17-9-13-35(2)23-40/h5-33H,1-4H3. The maximum absolute atomic E-state index is 5.35. The summed E-state index contributed by atoms with van der Waals surface area (Å²) in [4.78, 5) is 5.35. The summed E-state index contributed by atoms with van der Waals surface area (Å²) in [5.74, 6) is 0. The molecule has 0 amide bonds. The average molecular weight is 668 g/mol. The molecule has 52 heavy (non-hydrogen) atoms. The van der Waals surface area contributed by atoms with Gasteiger partial charge in [-0.1, -0.05) is 151 Å². The van der Waals surface area contributed by atoms with E-state index in [1.807, 2.05) is 0 Å². The van der Waals surface area contributed by atoms with Gasteiger partial charge in [0.15, 0.2) is 0 Å². The van der Waals surface area contributed by atoms with Crippen LogP contribution in [0.1, 0.15) is 22.3 Å². The second-order valence-electron chi connectivity index (χ2n) is 14.1. The van der Waals surface area contributed by atoms with Crippen molar-refractivity contribution in [1.82, 2.24) is 4.98 Å². The van der Waals surface area contributed by atoms with Crippen molar-refractivity contribution in [3.05, 3.63) is 198 Å². The van der Waals surface area contributed by atoms with E-state index in [-0.39, 0.29) is 0 Å². The highest BCUT2D eigenvalue weighted by atomic mass is 14.7. The summed E-state index contributed by atoms with van der Waals surface area (Å²) < 4.78 is 0. The van der Waals surface area contributed by atoms with Gasteiger partial charge in [0.2, 0.25) is 0 Å². The Labute approximate surface area is 308 Å². The molecule has 1 heterocycles. The molecule has 7 aromatic carbocycles. The van der Waals surface area contributed by atoms with Gasteiger partial charge in [-0.05, 0) is 131 Å². The zero-order valence-corrected chi connectivity index (χ0v) is 30.2. The van der Waals surface area contributed by atoms with E-state index in [0.29, 0.717) is 0 Å². The fraction of sp³-hybridized carbons (Fsp3) is 0.0784. The van der Waals surface area contributed by atoms with Crippen LogP contribution in [0, 0.1) is 27.7 Å². The van der Waals surface area contributed by atoms with Crippen LogP contribution in [0.2, 0.25) is 0 Å². The second-order valence-corrected chi connectivity index (χ2v) is 14.1. The van der Waals surface area contributed by atoms with E-state index in [2.05, 4.69) is 204 Å². The van der Waals surface area contributed by atoms with E-state index < -0.39 is 0 Å². The molecule has 0 aliphatic heterocycles. The molecule has 0 radical (unpaired) electrons. The van der Waals surface area contributed by atoms with Gasteiger partial charge in [-0.25, -0.2) is 4.98 Å². The van der Waals surface area contributed by atoms with E-state index >= 15 is 0 Å². The van der Waals surface area contributed by atoms with Gasteiger partial charge < -0.3 is 0 Å². The lowest BCUT2D eigenvalue weighted by Gasteiger charge is -2.14. The minimum Gasteiger partial charge on any atom is -0.248 e. The van der Waals surface area contributed by atoms with Crippen LogP contribution in [-0.4, -0.2) is 4.98 Å². The van der Waals surface area contributed by atoms with Crippen LogP contribution in [0.25, 0.3) is 78.1 Å². The Kier molecular flexibility index (Phi) is 8.93. The Bertz CT molecular complexity index is 2400. The van der Waals surface area contributed by atoms with Crippen molar-refractivity contribution in [2.75, 3.05) is 0 Å². The number of pyridine rings is 1. The Balaban J connectivity index is 1.21. The molecule has 0 aliphatic rings. The molecule has 250 valence electrons. The number of hydrogen-bond donors (Lipinski definition) is 0. The van der Waals surface area contributed by atoms with E-state index in [1.165, 1.54) is 72.3 Å². The summed E-state index contributed by atoms with van der Waals surface area (Å²) in [6.07, 6.45) is 0. The normalized spacial score (nSPS) is 11.1. The molecule has 0 spiro atoms. The minimum atomic E-state index is 0.951. The largest absolute Gasteiger partial charge is 0.248 e. The first-order chi connectivity index (χ1) is 25.3. The number of nitrogens with zero attached hydrogens (tertiary/aromatic N) is 1. The minimum absolute atomic E-state index is 0.951.